The van der Waals surface area contributed by atoms with Gasteiger partial charge in [-0.05, 0) is 62.3 Å². The van der Waals surface area contributed by atoms with Gasteiger partial charge in [-0.1, -0.05) is 6.42 Å². The van der Waals surface area contributed by atoms with Gasteiger partial charge in [0.25, 0.3) is 0 Å². The maximum absolute atomic E-state index is 12.2. The average molecular weight is 338 g/mol. The minimum absolute atomic E-state index is 0.0632. The van der Waals surface area contributed by atoms with Gasteiger partial charge in [0.1, 0.15) is 5.82 Å². The highest BCUT2D eigenvalue weighted by molar-refractivity contribution is 5.91. The lowest BCUT2D eigenvalue weighted by Crippen LogP contribution is -2.28. The van der Waals surface area contributed by atoms with Crippen molar-refractivity contribution in [3.63, 3.8) is 0 Å². The molecule has 1 aliphatic heterocycles. The smallest absolute Gasteiger partial charge is 0.224 e. The van der Waals surface area contributed by atoms with Crippen molar-refractivity contribution < 1.29 is 4.79 Å². The maximum Gasteiger partial charge on any atom is 0.224 e. The molecule has 1 saturated carbocycles. The monoisotopic (exact) mass is 338 g/mol. The summed E-state index contributed by atoms with van der Waals surface area (Å²) in [5, 5.41) is 3.00. The Hall–Kier alpha value is -2.14. The Kier molecular flexibility index (Phi) is 4.57. The van der Waals surface area contributed by atoms with Gasteiger partial charge in [-0.25, -0.2) is 4.98 Å². The van der Waals surface area contributed by atoms with Crippen molar-refractivity contribution in [2.75, 3.05) is 5.32 Å². The molecule has 2 aliphatic rings. The van der Waals surface area contributed by atoms with E-state index in [-0.39, 0.29) is 11.9 Å². The standard InChI is InChI=1S/C20H26N4O/c21-18-6-3-4-15(18)12-19(25)23-16-9-7-14(8-10-16)20-22-13-17-5-1-2-11-24(17)20/h7-10,13,15,18H,1-6,11-12,21H2,(H,23,25)/t15-,18+/m0/s1. The molecule has 5 nitrogen and oxygen atoms in total. The molecule has 1 aromatic heterocycles. The van der Waals surface area contributed by atoms with Crippen molar-refractivity contribution >= 4 is 11.6 Å². The number of carbonyl (C=O) groups is 1. The van der Waals surface area contributed by atoms with Crippen molar-refractivity contribution in [2.24, 2.45) is 11.7 Å². The fraction of sp³-hybridized carbons (Fsp3) is 0.500. The number of nitrogens with zero attached hydrogens (tertiary/aromatic N) is 2. The molecule has 0 saturated heterocycles. The summed E-state index contributed by atoms with van der Waals surface area (Å²) in [5.74, 6) is 1.42. The Balaban J connectivity index is 1.42. The Bertz CT molecular complexity index is 750. The number of fused-ring (bicyclic) bond motifs is 1. The fourth-order valence-corrected chi connectivity index (χ4v) is 4.14. The highest BCUT2D eigenvalue weighted by atomic mass is 16.1. The van der Waals surface area contributed by atoms with Gasteiger partial charge in [-0.3, -0.25) is 4.79 Å². The molecule has 2 atom stereocenters. The first kappa shape index (κ1) is 16.3. The third kappa shape index (κ3) is 3.47. The van der Waals surface area contributed by atoms with Crippen LogP contribution in [0.15, 0.2) is 30.5 Å². The molecule has 0 spiro atoms. The van der Waals surface area contributed by atoms with Crippen LogP contribution in [-0.4, -0.2) is 21.5 Å². The first-order valence-corrected chi connectivity index (χ1v) is 9.41. The molecule has 0 unspecified atom stereocenters. The number of nitrogens with one attached hydrogen (secondary N) is 1. The highest BCUT2D eigenvalue weighted by Crippen LogP contribution is 2.28. The summed E-state index contributed by atoms with van der Waals surface area (Å²) in [7, 11) is 0. The number of aryl methyl sites for hydroxylation is 1. The summed E-state index contributed by atoms with van der Waals surface area (Å²) < 4.78 is 2.32. The van der Waals surface area contributed by atoms with Crippen LogP contribution in [0.2, 0.25) is 0 Å². The molecule has 2 aromatic rings. The van der Waals surface area contributed by atoms with E-state index in [0.717, 1.165) is 49.3 Å². The molecular formula is C20H26N4O. The topological polar surface area (TPSA) is 72.9 Å². The first-order valence-electron chi connectivity index (χ1n) is 9.41. The van der Waals surface area contributed by atoms with Crippen LogP contribution in [-0.2, 0) is 17.8 Å². The number of hydrogen-bond acceptors (Lipinski definition) is 3. The molecule has 1 fully saturated rings. The number of nitrogens with two attached hydrogens (primary N) is 1. The van der Waals surface area contributed by atoms with Crippen LogP contribution in [0.5, 0.6) is 0 Å². The van der Waals surface area contributed by atoms with Gasteiger partial charge in [0.15, 0.2) is 0 Å². The summed E-state index contributed by atoms with van der Waals surface area (Å²) in [5.41, 5.74) is 9.33. The second-order valence-electron chi connectivity index (χ2n) is 7.37. The van der Waals surface area contributed by atoms with Crippen LogP contribution in [0.4, 0.5) is 5.69 Å². The van der Waals surface area contributed by atoms with Gasteiger partial charge in [-0.2, -0.15) is 0 Å². The summed E-state index contributed by atoms with van der Waals surface area (Å²) in [6.07, 6.45) is 9.35. The molecule has 25 heavy (non-hydrogen) atoms. The molecular weight excluding hydrogens is 312 g/mol. The lowest BCUT2D eigenvalue weighted by Gasteiger charge is -2.17. The molecule has 1 aliphatic carbocycles. The van der Waals surface area contributed by atoms with E-state index in [1.165, 1.54) is 18.5 Å². The van der Waals surface area contributed by atoms with Gasteiger partial charge in [0, 0.05) is 42.1 Å². The highest BCUT2D eigenvalue weighted by Gasteiger charge is 2.26. The largest absolute Gasteiger partial charge is 0.328 e. The second-order valence-corrected chi connectivity index (χ2v) is 7.37. The number of imidazole rings is 1. The van der Waals surface area contributed by atoms with E-state index in [9.17, 15) is 4.79 Å². The first-order chi connectivity index (χ1) is 12.2. The van der Waals surface area contributed by atoms with Crippen LogP contribution in [0.1, 0.15) is 44.2 Å². The predicted octanol–water partition coefficient (Wildman–Crippen LogP) is 3.34. The molecule has 0 radical (unpaired) electrons. The van der Waals surface area contributed by atoms with Crippen molar-refractivity contribution in [1.29, 1.82) is 0 Å². The molecule has 0 bridgehead atoms. The van der Waals surface area contributed by atoms with E-state index in [1.54, 1.807) is 0 Å². The quantitative estimate of drug-likeness (QED) is 0.898. The lowest BCUT2D eigenvalue weighted by molar-refractivity contribution is -0.117. The predicted molar refractivity (Wildman–Crippen MR) is 99.2 cm³/mol. The van der Waals surface area contributed by atoms with Gasteiger partial charge >= 0.3 is 0 Å². The number of benzene rings is 1. The van der Waals surface area contributed by atoms with Crippen LogP contribution >= 0.6 is 0 Å². The van der Waals surface area contributed by atoms with Crippen molar-refractivity contribution in [3.05, 3.63) is 36.2 Å². The molecule has 1 amide bonds. The van der Waals surface area contributed by atoms with Crippen LogP contribution in [0.25, 0.3) is 11.4 Å². The lowest BCUT2D eigenvalue weighted by atomic mass is 10.00. The van der Waals surface area contributed by atoms with Gasteiger partial charge in [0.2, 0.25) is 5.91 Å². The summed E-state index contributed by atoms with van der Waals surface area (Å²) in [6, 6.07) is 8.20. The zero-order chi connectivity index (χ0) is 17.2. The number of aromatic nitrogens is 2. The van der Waals surface area contributed by atoms with Crippen LogP contribution in [0, 0.1) is 5.92 Å². The van der Waals surface area contributed by atoms with E-state index in [4.69, 9.17) is 5.73 Å². The molecule has 4 rings (SSSR count). The SMILES string of the molecule is N[C@@H]1CCC[C@H]1CC(=O)Nc1ccc(-c2ncc3n2CCCC3)cc1. The fourth-order valence-electron chi connectivity index (χ4n) is 4.14. The second kappa shape index (κ2) is 7.00. The number of hydrogen-bond donors (Lipinski definition) is 2. The van der Waals surface area contributed by atoms with Crippen molar-refractivity contribution in [3.8, 4) is 11.4 Å². The van der Waals surface area contributed by atoms with Crippen molar-refractivity contribution in [1.82, 2.24) is 9.55 Å². The average Bonchev–Trinajstić information content (AvgIpc) is 3.22. The van der Waals surface area contributed by atoms with E-state index < -0.39 is 0 Å². The number of carbonyl (C=O) groups excluding carboxylic acids is 1. The van der Waals surface area contributed by atoms with Gasteiger partial charge in [0.05, 0.1) is 0 Å². The normalized spacial score (nSPS) is 22.6. The van der Waals surface area contributed by atoms with Crippen LogP contribution in [0.3, 0.4) is 0 Å². The summed E-state index contributed by atoms with van der Waals surface area (Å²) >= 11 is 0. The number of rotatable bonds is 4. The molecule has 132 valence electrons. The van der Waals surface area contributed by atoms with Gasteiger partial charge < -0.3 is 15.6 Å². The zero-order valence-corrected chi connectivity index (χ0v) is 14.6. The minimum Gasteiger partial charge on any atom is -0.328 e. The maximum atomic E-state index is 12.2. The van der Waals surface area contributed by atoms with Gasteiger partial charge in [-0.15, -0.1) is 0 Å². The molecule has 2 heterocycles. The van der Waals surface area contributed by atoms with E-state index in [0.29, 0.717) is 12.3 Å². The van der Waals surface area contributed by atoms with E-state index in [2.05, 4.69) is 14.9 Å². The van der Waals surface area contributed by atoms with E-state index >= 15 is 0 Å². The summed E-state index contributed by atoms with van der Waals surface area (Å²) in [6.45, 7) is 1.05. The molecule has 3 N–H and O–H groups in total. The Labute approximate surface area is 148 Å². The third-order valence-corrected chi connectivity index (χ3v) is 5.60. The Morgan fingerprint density at radius 2 is 2.04 bits per heavy atom. The summed E-state index contributed by atoms with van der Waals surface area (Å²) in [4.78, 5) is 16.8. The Morgan fingerprint density at radius 1 is 1.20 bits per heavy atom. The Morgan fingerprint density at radius 3 is 2.80 bits per heavy atom. The van der Waals surface area contributed by atoms with Crippen molar-refractivity contribution in [2.45, 2.75) is 57.5 Å². The molecule has 5 heteroatoms. The van der Waals surface area contributed by atoms with Crippen LogP contribution < -0.4 is 11.1 Å². The number of anilines is 1. The van der Waals surface area contributed by atoms with E-state index in [1.807, 2.05) is 30.5 Å². The number of amides is 1. The zero-order valence-electron chi connectivity index (χ0n) is 14.6. The molecule has 1 aromatic carbocycles. The third-order valence-electron chi connectivity index (χ3n) is 5.60. The minimum atomic E-state index is 0.0632.